The quantitative estimate of drug-likeness (QED) is 0.877. The number of sulfonamides is 1. The molecule has 0 amide bonds. The van der Waals surface area contributed by atoms with Crippen LogP contribution < -0.4 is 10.5 Å². The van der Waals surface area contributed by atoms with E-state index in [4.69, 9.17) is 5.73 Å². The second kappa shape index (κ2) is 6.85. The molecule has 1 saturated carbocycles. The van der Waals surface area contributed by atoms with Gasteiger partial charge in [0.05, 0.1) is 0 Å². The van der Waals surface area contributed by atoms with Gasteiger partial charge in [-0.05, 0) is 49.3 Å². The monoisotopic (exact) mass is 314 g/mol. The summed E-state index contributed by atoms with van der Waals surface area (Å²) in [6.45, 7) is 2.34. The van der Waals surface area contributed by atoms with Gasteiger partial charge in [0.1, 0.15) is 10.7 Å². The molecule has 118 valence electrons. The zero-order valence-corrected chi connectivity index (χ0v) is 13.1. The molecule has 3 N–H and O–H groups in total. The Bertz CT molecular complexity index is 581. The van der Waals surface area contributed by atoms with Gasteiger partial charge >= 0.3 is 0 Å². The van der Waals surface area contributed by atoms with Crippen LogP contribution in [0, 0.1) is 11.7 Å². The fourth-order valence-corrected chi connectivity index (χ4v) is 4.23. The molecule has 0 radical (unpaired) electrons. The van der Waals surface area contributed by atoms with Crippen LogP contribution in [-0.4, -0.2) is 14.5 Å². The average Bonchev–Trinajstić information content (AvgIpc) is 2.47. The molecular formula is C15H23FN2O2S. The Morgan fingerprint density at radius 3 is 2.48 bits per heavy atom. The molecule has 0 aliphatic heterocycles. The molecule has 0 aromatic heterocycles. The first kappa shape index (κ1) is 16.4. The van der Waals surface area contributed by atoms with Crippen molar-refractivity contribution in [3.05, 3.63) is 29.6 Å². The Hall–Kier alpha value is -0.980. The Morgan fingerprint density at radius 2 is 1.95 bits per heavy atom. The molecule has 1 aromatic rings. The molecule has 1 aliphatic carbocycles. The first-order valence-electron chi connectivity index (χ1n) is 7.47. The molecule has 6 heteroatoms. The van der Waals surface area contributed by atoms with Crippen LogP contribution in [0.15, 0.2) is 23.1 Å². The van der Waals surface area contributed by atoms with Gasteiger partial charge in [-0.25, -0.2) is 17.5 Å². The molecule has 0 heterocycles. The van der Waals surface area contributed by atoms with Crippen LogP contribution in [0.25, 0.3) is 0 Å². The van der Waals surface area contributed by atoms with Gasteiger partial charge in [0.15, 0.2) is 0 Å². The molecule has 0 saturated heterocycles. The lowest BCUT2D eigenvalue weighted by Gasteiger charge is -2.28. The Morgan fingerprint density at radius 1 is 1.29 bits per heavy atom. The molecule has 4 nitrogen and oxygen atoms in total. The van der Waals surface area contributed by atoms with Gasteiger partial charge in [-0.15, -0.1) is 0 Å². The zero-order valence-electron chi connectivity index (χ0n) is 12.3. The predicted molar refractivity (Wildman–Crippen MR) is 80.6 cm³/mol. The van der Waals surface area contributed by atoms with Gasteiger partial charge in [0, 0.05) is 12.6 Å². The summed E-state index contributed by atoms with van der Waals surface area (Å²) in [4.78, 5) is -0.294. The number of rotatable bonds is 5. The van der Waals surface area contributed by atoms with Gasteiger partial charge in [-0.1, -0.05) is 19.4 Å². The maximum absolute atomic E-state index is 13.9. The van der Waals surface area contributed by atoms with Crippen molar-refractivity contribution in [3.63, 3.8) is 0 Å². The van der Waals surface area contributed by atoms with Gasteiger partial charge in [0.25, 0.3) is 0 Å². The lowest BCUT2D eigenvalue weighted by atomic mass is 9.85. The molecule has 1 aliphatic rings. The zero-order chi connectivity index (χ0) is 15.5. The van der Waals surface area contributed by atoms with Gasteiger partial charge < -0.3 is 5.73 Å². The van der Waals surface area contributed by atoms with Gasteiger partial charge in [0.2, 0.25) is 10.0 Å². The summed E-state index contributed by atoms with van der Waals surface area (Å²) in [7, 11) is -3.81. The van der Waals surface area contributed by atoms with Gasteiger partial charge in [-0.2, -0.15) is 0 Å². The minimum Gasteiger partial charge on any atom is -0.326 e. The van der Waals surface area contributed by atoms with Crippen LogP contribution in [0.3, 0.4) is 0 Å². The molecule has 0 atom stereocenters. The third-order valence-electron chi connectivity index (χ3n) is 4.27. The van der Waals surface area contributed by atoms with Crippen LogP contribution in [0.2, 0.25) is 0 Å². The van der Waals surface area contributed by atoms with E-state index in [1.54, 1.807) is 6.07 Å². The van der Waals surface area contributed by atoms with Crippen LogP contribution in [0.1, 0.15) is 44.6 Å². The van der Waals surface area contributed by atoms with E-state index in [0.29, 0.717) is 11.5 Å². The molecule has 0 unspecified atom stereocenters. The predicted octanol–water partition coefficient (Wildman–Crippen LogP) is 2.53. The van der Waals surface area contributed by atoms with E-state index in [1.165, 1.54) is 12.1 Å². The summed E-state index contributed by atoms with van der Waals surface area (Å²) in [6.07, 6.45) is 4.83. The summed E-state index contributed by atoms with van der Waals surface area (Å²) in [6, 6.07) is 3.93. The number of nitrogens with one attached hydrogen (secondary N) is 1. The minimum absolute atomic E-state index is 0.0913. The summed E-state index contributed by atoms with van der Waals surface area (Å²) >= 11 is 0. The molecule has 21 heavy (non-hydrogen) atoms. The summed E-state index contributed by atoms with van der Waals surface area (Å²) in [5.41, 5.74) is 6.00. The van der Waals surface area contributed by atoms with Crippen molar-refractivity contribution in [2.24, 2.45) is 11.7 Å². The van der Waals surface area contributed by atoms with E-state index < -0.39 is 15.8 Å². The van der Waals surface area contributed by atoms with Crippen molar-refractivity contribution in [2.45, 2.75) is 56.5 Å². The van der Waals surface area contributed by atoms with E-state index in [1.807, 2.05) is 0 Å². The maximum Gasteiger partial charge on any atom is 0.243 e. The van der Waals surface area contributed by atoms with Crippen molar-refractivity contribution in [2.75, 3.05) is 0 Å². The maximum atomic E-state index is 13.9. The number of nitrogens with two attached hydrogens (primary N) is 1. The van der Waals surface area contributed by atoms with Crippen molar-refractivity contribution < 1.29 is 12.8 Å². The van der Waals surface area contributed by atoms with Crippen molar-refractivity contribution in [1.82, 2.24) is 4.72 Å². The second-order valence-electron chi connectivity index (χ2n) is 5.72. The fourth-order valence-electron chi connectivity index (χ4n) is 2.86. The summed E-state index contributed by atoms with van der Waals surface area (Å²) < 4.78 is 41.1. The highest BCUT2D eigenvalue weighted by Gasteiger charge is 2.26. The Labute approximate surface area is 126 Å². The molecule has 0 spiro atoms. The van der Waals surface area contributed by atoms with Crippen LogP contribution in [0.5, 0.6) is 0 Å². The molecule has 1 fully saturated rings. The van der Waals surface area contributed by atoms with E-state index in [0.717, 1.165) is 32.1 Å². The van der Waals surface area contributed by atoms with Crippen molar-refractivity contribution >= 4 is 10.0 Å². The molecule has 0 bridgehead atoms. The van der Waals surface area contributed by atoms with Gasteiger partial charge in [-0.3, -0.25) is 0 Å². The minimum atomic E-state index is -3.81. The second-order valence-corrected chi connectivity index (χ2v) is 7.40. The average molecular weight is 314 g/mol. The smallest absolute Gasteiger partial charge is 0.243 e. The SMILES string of the molecule is CCC1CCC(NS(=O)(=O)c2ccc(CN)cc2F)CC1. The molecular weight excluding hydrogens is 291 g/mol. The lowest BCUT2D eigenvalue weighted by molar-refractivity contribution is 0.306. The highest BCUT2D eigenvalue weighted by molar-refractivity contribution is 7.89. The van der Waals surface area contributed by atoms with Crippen LogP contribution >= 0.6 is 0 Å². The third kappa shape index (κ3) is 4.02. The number of hydrogen-bond donors (Lipinski definition) is 2. The van der Waals surface area contributed by atoms with Crippen LogP contribution in [-0.2, 0) is 16.6 Å². The van der Waals surface area contributed by atoms with E-state index >= 15 is 0 Å². The normalized spacial score (nSPS) is 23.2. The number of hydrogen-bond acceptors (Lipinski definition) is 3. The lowest BCUT2D eigenvalue weighted by Crippen LogP contribution is -2.37. The Kier molecular flexibility index (Phi) is 5.35. The largest absolute Gasteiger partial charge is 0.326 e. The number of benzene rings is 1. The third-order valence-corrected chi connectivity index (χ3v) is 5.82. The standard InChI is InChI=1S/C15H23FN2O2S/c1-2-11-3-6-13(7-4-11)18-21(19,20)15-8-5-12(10-17)9-14(15)16/h5,8-9,11,13,18H,2-4,6-7,10,17H2,1H3. The van der Waals surface area contributed by atoms with Crippen molar-refractivity contribution in [1.29, 1.82) is 0 Å². The number of halogens is 1. The van der Waals surface area contributed by atoms with E-state index in [2.05, 4.69) is 11.6 Å². The summed E-state index contributed by atoms with van der Waals surface area (Å²) in [5.74, 6) is -0.0565. The first-order valence-corrected chi connectivity index (χ1v) is 8.95. The highest BCUT2D eigenvalue weighted by Crippen LogP contribution is 2.27. The molecule has 1 aromatic carbocycles. The van der Waals surface area contributed by atoms with Crippen LogP contribution in [0.4, 0.5) is 4.39 Å². The Balaban J connectivity index is 2.08. The topological polar surface area (TPSA) is 72.2 Å². The fraction of sp³-hybridized carbons (Fsp3) is 0.600. The first-order chi connectivity index (χ1) is 9.96. The van der Waals surface area contributed by atoms with Crippen molar-refractivity contribution in [3.8, 4) is 0 Å². The van der Waals surface area contributed by atoms with E-state index in [9.17, 15) is 12.8 Å². The molecule has 2 rings (SSSR count). The summed E-state index contributed by atoms with van der Waals surface area (Å²) in [5, 5.41) is 0. The van der Waals surface area contributed by atoms with E-state index in [-0.39, 0.29) is 17.5 Å². The highest BCUT2D eigenvalue weighted by atomic mass is 32.2.